The van der Waals surface area contributed by atoms with E-state index >= 15 is 0 Å². The highest BCUT2D eigenvalue weighted by Gasteiger charge is 2.23. The van der Waals surface area contributed by atoms with Crippen molar-refractivity contribution in [2.24, 2.45) is 0 Å². The molecule has 1 fully saturated rings. The van der Waals surface area contributed by atoms with Crippen molar-refractivity contribution in [2.75, 3.05) is 36.8 Å². The molecule has 2 aromatic rings. The Bertz CT molecular complexity index is 782. The molecule has 0 unspecified atom stereocenters. The molecule has 1 aliphatic rings. The van der Waals surface area contributed by atoms with Crippen LogP contribution in [-0.4, -0.2) is 58.1 Å². The maximum Gasteiger partial charge on any atom is 0.317 e. The van der Waals surface area contributed by atoms with E-state index in [2.05, 4.69) is 25.2 Å². The lowest BCUT2D eigenvalue weighted by atomic mass is 10.1. The number of hydrogen-bond acceptors (Lipinski definition) is 6. The highest BCUT2D eigenvalue weighted by molar-refractivity contribution is 5.75. The summed E-state index contributed by atoms with van der Waals surface area (Å²) in [5.74, 6) is 1.10. The summed E-state index contributed by atoms with van der Waals surface area (Å²) < 4.78 is 0. The van der Waals surface area contributed by atoms with Crippen LogP contribution in [0, 0.1) is 13.8 Å². The van der Waals surface area contributed by atoms with E-state index < -0.39 is 0 Å². The minimum absolute atomic E-state index is 0.0217. The predicted molar refractivity (Wildman–Crippen MR) is 106 cm³/mol. The van der Waals surface area contributed by atoms with Gasteiger partial charge in [-0.25, -0.2) is 9.78 Å². The van der Waals surface area contributed by atoms with E-state index in [1.165, 1.54) is 0 Å². The molecule has 8 heteroatoms. The van der Waals surface area contributed by atoms with Gasteiger partial charge < -0.3 is 20.9 Å². The molecule has 0 radical (unpaired) electrons. The number of urea groups is 1. The topological polar surface area (TPSA) is 100 Å². The largest absolute Gasteiger partial charge is 0.368 e. The number of carbonyl (C=O) groups excluding carboxylic acids is 1. The average Bonchev–Trinajstić information content (AvgIpc) is 2.63. The van der Waals surface area contributed by atoms with Crippen molar-refractivity contribution in [2.45, 2.75) is 33.2 Å². The fraction of sp³-hybridized carbons (Fsp3) is 0.474. The summed E-state index contributed by atoms with van der Waals surface area (Å²) in [7, 11) is 0. The number of nitrogen functional groups attached to an aromatic ring is 1. The van der Waals surface area contributed by atoms with Crippen molar-refractivity contribution in [1.82, 2.24) is 25.2 Å². The highest BCUT2D eigenvalue weighted by atomic mass is 16.2. The van der Waals surface area contributed by atoms with Crippen molar-refractivity contribution < 1.29 is 4.79 Å². The van der Waals surface area contributed by atoms with Gasteiger partial charge in [-0.05, 0) is 32.4 Å². The van der Waals surface area contributed by atoms with Crippen LogP contribution in [0.5, 0.6) is 0 Å². The Morgan fingerprint density at radius 2 is 2.00 bits per heavy atom. The summed E-state index contributed by atoms with van der Waals surface area (Å²) in [6.07, 6.45) is 2.51. The van der Waals surface area contributed by atoms with Gasteiger partial charge in [-0.2, -0.15) is 4.98 Å². The Kier molecular flexibility index (Phi) is 5.73. The molecule has 0 bridgehead atoms. The lowest BCUT2D eigenvalue weighted by molar-refractivity contribution is 0.191. The van der Waals surface area contributed by atoms with Crippen LogP contribution < -0.4 is 16.0 Å². The van der Waals surface area contributed by atoms with E-state index in [9.17, 15) is 4.79 Å². The van der Waals surface area contributed by atoms with Gasteiger partial charge in [0.1, 0.15) is 5.82 Å². The Hall–Kier alpha value is -2.90. The smallest absolute Gasteiger partial charge is 0.317 e. The van der Waals surface area contributed by atoms with Gasteiger partial charge in [0.05, 0.1) is 0 Å². The van der Waals surface area contributed by atoms with Crippen LogP contribution in [-0.2, 0) is 6.42 Å². The molecule has 3 heterocycles. The quantitative estimate of drug-likeness (QED) is 0.848. The Labute approximate surface area is 159 Å². The number of aryl methyl sites for hydroxylation is 2. The Balaban J connectivity index is 1.51. The fourth-order valence-corrected chi connectivity index (χ4v) is 3.25. The van der Waals surface area contributed by atoms with Crippen LogP contribution in [0.15, 0.2) is 24.4 Å². The summed E-state index contributed by atoms with van der Waals surface area (Å²) in [4.78, 5) is 29.3. The van der Waals surface area contributed by atoms with E-state index in [4.69, 9.17) is 5.73 Å². The number of amides is 2. The maximum atomic E-state index is 12.6. The molecule has 0 aliphatic carbocycles. The normalized spacial score (nSPS) is 15.5. The number of nitrogens with two attached hydrogens (primary N) is 1. The van der Waals surface area contributed by atoms with Gasteiger partial charge in [0.2, 0.25) is 5.95 Å². The molecular weight excluding hydrogens is 342 g/mol. The summed E-state index contributed by atoms with van der Waals surface area (Å²) in [5.41, 5.74) is 8.75. The number of nitrogens with zero attached hydrogens (tertiary/aromatic N) is 5. The molecule has 27 heavy (non-hydrogen) atoms. The second kappa shape index (κ2) is 8.20. The third-order valence-electron chi connectivity index (χ3n) is 4.74. The molecule has 0 aromatic carbocycles. The number of piperazine rings is 1. The number of aromatic nitrogens is 3. The van der Waals surface area contributed by atoms with Gasteiger partial charge in [-0.3, -0.25) is 4.98 Å². The monoisotopic (exact) mass is 369 g/mol. The SMILES string of the molecule is Cc1cc(N2CCN(C(=O)N[C@H](C)Cc3ncccc3C)CC2)nc(N)n1. The molecule has 0 spiro atoms. The van der Waals surface area contributed by atoms with E-state index in [0.717, 1.165) is 42.3 Å². The van der Waals surface area contributed by atoms with Crippen LogP contribution >= 0.6 is 0 Å². The number of anilines is 2. The Morgan fingerprint density at radius 1 is 1.26 bits per heavy atom. The molecule has 1 saturated heterocycles. The standard InChI is InChI=1S/C19H27N7O/c1-13-5-4-6-21-16(13)11-14(2)23-19(27)26-9-7-25(8-10-26)17-12-15(3)22-18(20)24-17/h4-6,12,14H,7-11H2,1-3H3,(H,23,27)(H2,20,22,24)/t14-/m1/s1. The van der Waals surface area contributed by atoms with Crippen LogP contribution in [0.3, 0.4) is 0 Å². The van der Waals surface area contributed by atoms with E-state index in [0.29, 0.717) is 13.1 Å². The number of pyridine rings is 1. The second-order valence-electron chi connectivity index (χ2n) is 7.02. The number of hydrogen-bond donors (Lipinski definition) is 2. The molecule has 2 aromatic heterocycles. The number of nitrogens with one attached hydrogen (secondary N) is 1. The van der Waals surface area contributed by atoms with Crippen LogP contribution in [0.25, 0.3) is 0 Å². The molecule has 1 aliphatic heterocycles. The lowest BCUT2D eigenvalue weighted by Gasteiger charge is -2.36. The third kappa shape index (κ3) is 4.84. The molecule has 3 N–H and O–H groups in total. The molecular formula is C19H27N7O. The summed E-state index contributed by atoms with van der Waals surface area (Å²) in [6, 6.07) is 5.87. The number of rotatable bonds is 4. The zero-order valence-corrected chi connectivity index (χ0v) is 16.1. The van der Waals surface area contributed by atoms with Gasteiger partial charge in [-0.15, -0.1) is 0 Å². The van der Waals surface area contributed by atoms with Gasteiger partial charge in [0.15, 0.2) is 0 Å². The van der Waals surface area contributed by atoms with Crippen molar-refractivity contribution in [1.29, 1.82) is 0 Å². The van der Waals surface area contributed by atoms with Crippen molar-refractivity contribution in [3.8, 4) is 0 Å². The first-order chi connectivity index (χ1) is 12.9. The van der Waals surface area contributed by atoms with Gasteiger partial charge in [0, 0.05) is 62.3 Å². The van der Waals surface area contributed by atoms with E-state index in [1.807, 2.05) is 43.9 Å². The van der Waals surface area contributed by atoms with Gasteiger partial charge in [0.25, 0.3) is 0 Å². The van der Waals surface area contributed by atoms with E-state index in [-0.39, 0.29) is 18.0 Å². The maximum absolute atomic E-state index is 12.6. The second-order valence-corrected chi connectivity index (χ2v) is 7.02. The van der Waals surface area contributed by atoms with Gasteiger partial charge >= 0.3 is 6.03 Å². The van der Waals surface area contributed by atoms with Crippen LogP contribution in [0.2, 0.25) is 0 Å². The third-order valence-corrected chi connectivity index (χ3v) is 4.74. The molecule has 0 saturated carbocycles. The van der Waals surface area contributed by atoms with Crippen molar-refractivity contribution in [3.63, 3.8) is 0 Å². The summed E-state index contributed by atoms with van der Waals surface area (Å²) in [5, 5.41) is 3.08. The first-order valence-corrected chi connectivity index (χ1v) is 9.24. The first-order valence-electron chi connectivity index (χ1n) is 9.24. The van der Waals surface area contributed by atoms with E-state index in [1.54, 1.807) is 6.20 Å². The molecule has 8 nitrogen and oxygen atoms in total. The van der Waals surface area contributed by atoms with Crippen LogP contribution in [0.1, 0.15) is 23.9 Å². The Morgan fingerprint density at radius 3 is 2.67 bits per heavy atom. The van der Waals surface area contributed by atoms with Crippen molar-refractivity contribution >= 4 is 17.8 Å². The van der Waals surface area contributed by atoms with Crippen molar-refractivity contribution in [3.05, 3.63) is 41.3 Å². The van der Waals surface area contributed by atoms with Crippen LogP contribution in [0.4, 0.5) is 16.6 Å². The van der Waals surface area contributed by atoms with Gasteiger partial charge in [-0.1, -0.05) is 6.07 Å². The highest BCUT2D eigenvalue weighted by Crippen LogP contribution is 2.16. The number of carbonyl (C=O) groups is 1. The molecule has 3 rings (SSSR count). The average molecular weight is 369 g/mol. The fourth-order valence-electron chi connectivity index (χ4n) is 3.25. The minimum atomic E-state index is -0.0332. The molecule has 1 atom stereocenters. The first kappa shape index (κ1) is 18.9. The summed E-state index contributed by atoms with van der Waals surface area (Å²) in [6.45, 7) is 8.67. The zero-order chi connectivity index (χ0) is 19.4. The zero-order valence-electron chi connectivity index (χ0n) is 16.1. The summed E-state index contributed by atoms with van der Waals surface area (Å²) >= 11 is 0. The minimum Gasteiger partial charge on any atom is -0.368 e. The lowest BCUT2D eigenvalue weighted by Crippen LogP contribution is -2.53. The molecule has 144 valence electrons. The molecule has 2 amide bonds. The predicted octanol–water partition coefficient (Wildman–Crippen LogP) is 1.53.